The van der Waals surface area contributed by atoms with Crippen LogP contribution in [0, 0.1) is 20.8 Å². The molecular weight excluding hydrogens is 336 g/mol. The minimum atomic E-state index is 1.01. The zero-order chi connectivity index (χ0) is 19.3. The molecule has 0 atom stereocenters. The first kappa shape index (κ1) is 17.0. The molecule has 0 aliphatic heterocycles. The Morgan fingerprint density at radius 3 is 1.79 bits per heavy atom. The van der Waals surface area contributed by atoms with Crippen LogP contribution in [-0.4, -0.2) is 0 Å². The molecule has 5 rings (SSSR count). The lowest BCUT2D eigenvalue weighted by Gasteiger charge is -2.19. The summed E-state index contributed by atoms with van der Waals surface area (Å²) in [5.74, 6) is 0. The molecule has 0 bridgehead atoms. The van der Waals surface area contributed by atoms with E-state index in [2.05, 4.69) is 99.6 Å². The van der Waals surface area contributed by atoms with Crippen molar-refractivity contribution in [3.63, 3.8) is 0 Å². The molecule has 4 aromatic rings. The van der Waals surface area contributed by atoms with Crippen LogP contribution in [0.25, 0.3) is 33.4 Å². The Morgan fingerprint density at radius 1 is 0.571 bits per heavy atom. The van der Waals surface area contributed by atoms with E-state index in [9.17, 15) is 0 Å². The molecule has 136 valence electrons. The molecule has 0 heteroatoms. The summed E-state index contributed by atoms with van der Waals surface area (Å²) in [5.41, 5.74) is 15.0. The molecule has 1 aliphatic rings. The minimum absolute atomic E-state index is 1.01. The largest absolute Gasteiger partial charge is 0.0619 e. The van der Waals surface area contributed by atoms with Crippen LogP contribution < -0.4 is 0 Å². The molecular formula is C28H24. The first-order chi connectivity index (χ1) is 13.6. The van der Waals surface area contributed by atoms with Crippen molar-refractivity contribution in [2.75, 3.05) is 0 Å². The van der Waals surface area contributed by atoms with Crippen LogP contribution in [0.15, 0.2) is 78.9 Å². The Kier molecular flexibility index (Phi) is 3.94. The second-order valence-corrected chi connectivity index (χ2v) is 8.04. The third-order valence-corrected chi connectivity index (χ3v) is 5.99. The summed E-state index contributed by atoms with van der Waals surface area (Å²) in [5, 5.41) is 0. The van der Waals surface area contributed by atoms with Crippen LogP contribution in [-0.2, 0) is 6.42 Å². The van der Waals surface area contributed by atoms with Gasteiger partial charge in [0, 0.05) is 0 Å². The summed E-state index contributed by atoms with van der Waals surface area (Å²) in [6, 6.07) is 29.2. The fraction of sp³-hybridized carbons (Fsp3) is 0.143. The third-order valence-electron chi connectivity index (χ3n) is 5.99. The van der Waals surface area contributed by atoms with Gasteiger partial charge in [-0.1, -0.05) is 90.0 Å². The maximum Gasteiger partial charge on any atom is -0.000706 e. The number of aryl methyl sites for hydroxylation is 3. The van der Waals surface area contributed by atoms with E-state index < -0.39 is 0 Å². The molecule has 0 fully saturated rings. The highest BCUT2D eigenvalue weighted by Crippen LogP contribution is 2.47. The van der Waals surface area contributed by atoms with Crippen LogP contribution >= 0.6 is 0 Å². The molecule has 0 saturated heterocycles. The Balaban J connectivity index is 1.84. The predicted molar refractivity (Wildman–Crippen MR) is 120 cm³/mol. The summed E-state index contributed by atoms with van der Waals surface area (Å²) in [6.45, 7) is 6.56. The summed E-state index contributed by atoms with van der Waals surface area (Å²) in [7, 11) is 0. The van der Waals surface area contributed by atoms with Crippen LogP contribution in [0.3, 0.4) is 0 Å². The van der Waals surface area contributed by atoms with Crippen LogP contribution in [0.4, 0.5) is 0 Å². The Bertz CT molecular complexity index is 1180. The monoisotopic (exact) mass is 360 g/mol. The Hall–Kier alpha value is -3.12. The van der Waals surface area contributed by atoms with E-state index in [1.807, 2.05) is 0 Å². The lowest BCUT2D eigenvalue weighted by molar-refractivity contribution is 1.26. The Morgan fingerprint density at radius 2 is 1.14 bits per heavy atom. The van der Waals surface area contributed by atoms with Gasteiger partial charge in [0.15, 0.2) is 0 Å². The van der Waals surface area contributed by atoms with Crippen LogP contribution in [0.5, 0.6) is 0 Å². The van der Waals surface area contributed by atoms with Gasteiger partial charge in [0.05, 0.1) is 0 Å². The van der Waals surface area contributed by atoms with Crippen molar-refractivity contribution in [1.82, 2.24) is 0 Å². The number of hydrogen-bond acceptors (Lipinski definition) is 0. The van der Waals surface area contributed by atoms with Gasteiger partial charge in [-0.15, -0.1) is 0 Å². The van der Waals surface area contributed by atoms with E-state index in [1.165, 1.54) is 61.2 Å². The van der Waals surface area contributed by atoms with Crippen molar-refractivity contribution in [3.05, 3.63) is 107 Å². The summed E-state index contributed by atoms with van der Waals surface area (Å²) < 4.78 is 0. The molecule has 0 aromatic heterocycles. The second-order valence-electron chi connectivity index (χ2n) is 8.04. The maximum absolute atomic E-state index is 2.40. The van der Waals surface area contributed by atoms with Crippen LogP contribution in [0.1, 0.15) is 27.8 Å². The predicted octanol–water partition coefficient (Wildman–Crippen LogP) is 7.52. The standard InChI is InChI=1S/C28H24/c1-18-8-12-21(13-9-18)27-20(3)16-25-24-7-5-4-6-23(24)17-26(25)28(27)22-14-10-19(2)11-15-22/h4-16H,17H2,1-3H3. The average Bonchev–Trinajstić information content (AvgIpc) is 3.07. The van der Waals surface area contributed by atoms with Gasteiger partial charge in [0.1, 0.15) is 0 Å². The normalized spacial score (nSPS) is 12.0. The SMILES string of the molecule is Cc1ccc(-c2c(C)cc3c(c2-c2ccc(C)cc2)Cc2ccccc2-3)cc1. The van der Waals surface area contributed by atoms with E-state index in [4.69, 9.17) is 0 Å². The molecule has 0 N–H and O–H groups in total. The summed E-state index contributed by atoms with van der Waals surface area (Å²) >= 11 is 0. The van der Waals surface area contributed by atoms with Crippen LogP contribution in [0.2, 0.25) is 0 Å². The van der Waals surface area contributed by atoms with Gasteiger partial charge in [0.25, 0.3) is 0 Å². The van der Waals surface area contributed by atoms with Crippen molar-refractivity contribution < 1.29 is 0 Å². The number of fused-ring (bicyclic) bond motifs is 3. The molecule has 1 aliphatic carbocycles. The minimum Gasteiger partial charge on any atom is -0.0619 e. The van der Waals surface area contributed by atoms with E-state index in [0.717, 1.165) is 6.42 Å². The number of rotatable bonds is 2. The zero-order valence-electron chi connectivity index (χ0n) is 16.7. The zero-order valence-corrected chi connectivity index (χ0v) is 16.7. The lowest BCUT2D eigenvalue weighted by Crippen LogP contribution is -1.96. The fourth-order valence-corrected chi connectivity index (χ4v) is 4.54. The molecule has 0 amide bonds. The highest BCUT2D eigenvalue weighted by molar-refractivity contribution is 5.95. The van der Waals surface area contributed by atoms with Crippen molar-refractivity contribution in [2.24, 2.45) is 0 Å². The molecule has 0 nitrogen and oxygen atoms in total. The van der Waals surface area contributed by atoms with E-state index in [-0.39, 0.29) is 0 Å². The highest BCUT2D eigenvalue weighted by atomic mass is 14.3. The first-order valence-electron chi connectivity index (χ1n) is 10.0. The molecule has 0 heterocycles. The lowest BCUT2D eigenvalue weighted by atomic mass is 9.84. The van der Waals surface area contributed by atoms with Gasteiger partial charge in [-0.05, 0) is 77.3 Å². The van der Waals surface area contributed by atoms with E-state index in [0.29, 0.717) is 0 Å². The highest BCUT2D eigenvalue weighted by Gasteiger charge is 2.25. The quantitative estimate of drug-likeness (QED) is 0.305. The van der Waals surface area contributed by atoms with Crippen molar-refractivity contribution in [3.8, 4) is 33.4 Å². The van der Waals surface area contributed by atoms with E-state index >= 15 is 0 Å². The molecule has 28 heavy (non-hydrogen) atoms. The van der Waals surface area contributed by atoms with Crippen molar-refractivity contribution in [2.45, 2.75) is 27.2 Å². The van der Waals surface area contributed by atoms with Gasteiger partial charge in [0.2, 0.25) is 0 Å². The molecule has 4 aromatic carbocycles. The Labute approximate surface area is 167 Å². The number of hydrogen-bond donors (Lipinski definition) is 0. The van der Waals surface area contributed by atoms with Crippen molar-refractivity contribution in [1.29, 1.82) is 0 Å². The van der Waals surface area contributed by atoms with Gasteiger partial charge < -0.3 is 0 Å². The van der Waals surface area contributed by atoms with Gasteiger partial charge in [-0.2, -0.15) is 0 Å². The molecule has 0 radical (unpaired) electrons. The topological polar surface area (TPSA) is 0 Å². The molecule has 0 unspecified atom stereocenters. The fourth-order valence-electron chi connectivity index (χ4n) is 4.54. The van der Waals surface area contributed by atoms with Gasteiger partial charge in [-0.25, -0.2) is 0 Å². The summed E-state index contributed by atoms with van der Waals surface area (Å²) in [4.78, 5) is 0. The van der Waals surface area contributed by atoms with Crippen molar-refractivity contribution >= 4 is 0 Å². The first-order valence-corrected chi connectivity index (χ1v) is 10.0. The van der Waals surface area contributed by atoms with Gasteiger partial charge in [-0.3, -0.25) is 0 Å². The summed E-state index contributed by atoms with van der Waals surface area (Å²) in [6.07, 6.45) is 1.01. The third kappa shape index (κ3) is 2.68. The molecule has 0 spiro atoms. The van der Waals surface area contributed by atoms with Gasteiger partial charge >= 0.3 is 0 Å². The average molecular weight is 361 g/mol. The molecule has 0 saturated carbocycles. The number of benzene rings is 4. The smallest absolute Gasteiger partial charge is 0.000706 e. The maximum atomic E-state index is 2.40. The second kappa shape index (κ2) is 6.49. The van der Waals surface area contributed by atoms with E-state index in [1.54, 1.807) is 0 Å².